The zero-order chi connectivity index (χ0) is 24.1. The maximum Gasteiger partial charge on any atom is 0.296 e. The minimum Gasteiger partial charge on any atom is -0.503 e. The number of para-hydroxylation sites is 1. The van der Waals surface area contributed by atoms with Crippen molar-refractivity contribution in [2.24, 2.45) is 0 Å². The number of amides is 1. The summed E-state index contributed by atoms with van der Waals surface area (Å²) in [7, 11) is 0. The summed E-state index contributed by atoms with van der Waals surface area (Å²) in [6, 6.07) is 15.2. The van der Waals surface area contributed by atoms with Crippen molar-refractivity contribution in [2.75, 3.05) is 4.90 Å². The Bertz CT molecular complexity index is 1480. The molecule has 1 N–H and O–H groups in total. The van der Waals surface area contributed by atoms with E-state index >= 15 is 0 Å². The summed E-state index contributed by atoms with van der Waals surface area (Å²) >= 11 is 1.06. The van der Waals surface area contributed by atoms with Crippen molar-refractivity contribution in [3.63, 3.8) is 0 Å². The molecule has 2 aromatic carbocycles. The smallest absolute Gasteiger partial charge is 0.296 e. The molecular weight excluding hydrogens is 452 g/mol. The average molecular weight is 473 g/mol. The molecule has 1 aliphatic heterocycles. The van der Waals surface area contributed by atoms with Gasteiger partial charge in [-0.2, -0.15) is 0 Å². The number of nitrogens with zero attached hydrogens (tertiary/aromatic N) is 2. The Kier molecular flexibility index (Phi) is 5.17. The van der Waals surface area contributed by atoms with E-state index in [2.05, 4.69) is 4.98 Å². The standard InChI is InChI=1S/C26H20N2O5S/c1-13-8-10-16(11-9-13)21-20(22(30)19-12-17-6-4-5-7-18(17)33-19)23(31)25(32)28(21)26-27-14(2)24(34-26)15(3)29/h4-12,21,31H,1-3H3/t21-/m1/s1. The van der Waals surface area contributed by atoms with Gasteiger partial charge < -0.3 is 9.52 Å². The van der Waals surface area contributed by atoms with Crippen LogP contribution in [0.3, 0.4) is 0 Å². The van der Waals surface area contributed by atoms with Gasteiger partial charge in [-0.15, -0.1) is 0 Å². The van der Waals surface area contributed by atoms with E-state index in [0.717, 1.165) is 22.3 Å². The van der Waals surface area contributed by atoms with E-state index in [0.29, 0.717) is 21.7 Å². The Morgan fingerprint density at radius 2 is 1.79 bits per heavy atom. The van der Waals surface area contributed by atoms with Gasteiger partial charge in [0.1, 0.15) is 5.58 Å². The summed E-state index contributed by atoms with van der Waals surface area (Å²) in [4.78, 5) is 45.0. The van der Waals surface area contributed by atoms with Crippen molar-refractivity contribution in [3.05, 3.63) is 93.4 Å². The molecule has 0 fully saturated rings. The van der Waals surface area contributed by atoms with E-state index in [4.69, 9.17) is 4.42 Å². The molecule has 3 heterocycles. The molecule has 0 spiro atoms. The molecule has 34 heavy (non-hydrogen) atoms. The first-order chi connectivity index (χ1) is 16.3. The van der Waals surface area contributed by atoms with Gasteiger partial charge in [-0.3, -0.25) is 19.3 Å². The molecule has 1 aliphatic rings. The fourth-order valence-corrected chi connectivity index (χ4v) is 5.13. The largest absolute Gasteiger partial charge is 0.503 e. The average Bonchev–Trinajstić information content (AvgIpc) is 3.48. The lowest BCUT2D eigenvalue weighted by Crippen LogP contribution is -2.31. The number of aromatic nitrogens is 1. The molecule has 0 saturated heterocycles. The number of rotatable bonds is 5. The third-order valence-corrected chi connectivity index (χ3v) is 7.06. The van der Waals surface area contributed by atoms with Crippen LogP contribution in [0.1, 0.15) is 50.0 Å². The highest BCUT2D eigenvalue weighted by molar-refractivity contribution is 7.17. The molecular formula is C26H20N2O5S. The van der Waals surface area contributed by atoms with Gasteiger partial charge in [0, 0.05) is 12.3 Å². The fraction of sp³-hybridized carbons (Fsp3) is 0.154. The number of hydrogen-bond acceptors (Lipinski definition) is 7. The van der Waals surface area contributed by atoms with E-state index in [9.17, 15) is 19.5 Å². The lowest BCUT2D eigenvalue weighted by atomic mass is 9.94. The molecule has 1 amide bonds. The van der Waals surface area contributed by atoms with Gasteiger partial charge in [-0.25, -0.2) is 4.98 Å². The lowest BCUT2D eigenvalue weighted by molar-refractivity contribution is -0.117. The number of aliphatic hydroxyl groups is 1. The highest BCUT2D eigenvalue weighted by Gasteiger charge is 2.46. The number of aryl methyl sites for hydroxylation is 2. The van der Waals surface area contributed by atoms with Crippen molar-refractivity contribution in [1.29, 1.82) is 0 Å². The van der Waals surface area contributed by atoms with Gasteiger partial charge in [0.2, 0.25) is 5.78 Å². The molecule has 0 saturated carbocycles. The van der Waals surface area contributed by atoms with Crippen molar-refractivity contribution < 1.29 is 23.9 Å². The number of carbonyl (C=O) groups is 3. The molecule has 5 rings (SSSR count). The quantitative estimate of drug-likeness (QED) is 0.386. The third-order valence-electron chi connectivity index (χ3n) is 5.81. The number of Topliss-reactive ketones (excluding diaryl/α,β-unsaturated/α-hetero) is 2. The Morgan fingerprint density at radius 3 is 2.44 bits per heavy atom. The van der Waals surface area contributed by atoms with Crippen molar-refractivity contribution >= 4 is 44.9 Å². The predicted molar refractivity (Wildman–Crippen MR) is 128 cm³/mol. The molecule has 0 unspecified atom stereocenters. The lowest BCUT2D eigenvalue weighted by Gasteiger charge is -2.24. The van der Waals surface area contributed by atoms with Crippen molar-refractivity contribution in [2.45, 2.75) is 26.8 Å². The first-order valence-corrected chi connectivity index (χ1v) is 11.4. The maximum atomic E-state index is 13.6. The zero-order valence-electron chi connectivity index (χ0n) is 18.7. The van der Waals surface area contributed by atoms with Crippen LogP contribution in [-0.2, 0) is 4.79 Å². The van der Waals surface area contributed by atoms with E-state index in [1.54, 1.807) is 37.3 Å². The van der Waals surface area contributed by atoms with Gasteiger partial charge in [0.25, 0.3) is 5.91 Å². The van der Waals surface area contributed by atoms with Gasteiger partial charge in [0.05, 0.1) is 22.2 Å². The molecule has 0 aliphatic carbocycles. The molecule has 0 bridgehead atoms. The normalized spacial score (nSPS) is 16.0. The van der Waals surface area contributed by atoms with Crippen LogP contribution in [0.2, 0.25) is 0 Å². The number of carbonyl (C=O) groups excluding carboxylic acids is 3. The minimum absolute atomic E-state index is 0.0225. The van der Waals surface area contributed by atoms with E-state index in [1.807, 2.05) is 31.2 Å². The summed E-state index contributed by atoms with van der Waals surface area (Å²) in [5.41, 5.74) is 2.55. The number of thiazole rings is 1. The van der Waals surface area contributed by atoms with Crippen LogP contribution in [0.4, 0.5) is 5.13 Å². The number of aliphatic hydroxyl groups excluding tert-OH is 1. The molecule has 7 nitrogen and oxygen atoms in total. The summed E-state index contributed by atoms with van der Waals surface area (Å²) in [5, 5.41) is 11.9. The number of furan rings is 1. The molecule has 170 valence electrons. The van der Waals surface area contributed by atoms with Gasteiger partial charge in [-0.05, 0) is 31.5 Å². The first kappa shape index (κ1) is 21.8. The monoisotopic (exact) mass is 472 g/mol. The van der Waals surface area contributed by atoms with Gasteiger partial charge >= 0.3 is 0 Å². The maximum absolute atomic E-state index is 13.6. The Balaban J connectivity index is 1.67. The van der Waals surface area contributed by atoms with Crippen LogP contribution in [0.5, 0.6) is 0 Å². The minimum atomic E-state index is -0.931. The van der Waals surface area contributed by atoms with Crippen LogP contribution in [0, 0.1) is 13.8 Å². The van der Waals surface area contributed by atoms with Crippen LogP contribution in [0.25, 0.3) is 11.0 Å². The number of fused-ring (bicyclic) bond motifs is 1. The molecule has 2 aromatic heterocycles. The second kappa shape index (κ2) is 8.07. The van der Waals surface area contributed by atoms with Crippen molar-refractivity contribution in [1.82, 2.24) is 4.98 Å². The Hall–Kier alpha value is -4.04. The van der Waals surface area contributed by atoms with E-state index in [1.165, 1.54) is 11.8 Å². The number of ketones is 2. The van der Waals surface area contributed by atoms with Crippen LogP contribution in [0.15, 0.2) is 70.3 Å². The number of anilines is 1. The second-order valence-electron chi connectivity index (χ2n) is 8.20. The molecule has 4 aromatic rings. The topological polar surface area (TPSA) is 101 Å². The fourth-order valence-electron chi connectivity index (χ4n) is 4.14. The second-order valence-corrected chi connectivity index (χ2v) is 9.17. The summed E-state index contributed by atoms with van der Waals surface area (Å²) in [5.74, 6) is -2.15. The first-order valence-electron chi connectivity index (χ1n) is 10.6. The zero-order valence-corrected chi connectivity index (χ0v) is 19.5. The summed E-state index contributed by atoms with van der Waals surface area (Å²) in [6.07, 6.45) is 0. The van der Waals surface area contributed by atoms with Crippen LogP contribution >= 0.6 is 11.3 Å². The highest BCUT2D eigenvalue weighted by Crippen LogP contribution is 2.44. The third kappa shape index (κ3) is 3.43. The highest BCUT2D eigenvalue weighted by atomic mass is 32.1. The molecule has 8 heteroatoms. The Labute approximate surface area is 199 Å². The van der Waals surface area contributed by atoms with Gasteiger partial charge in [-0.1, -0.05) is 59.4 Å². The SMILES string of the molecule is CC(=O)c1sc(N2C(=O)C(O)=C(C(=O)c3cc4ccccc4o3)[C@H]2c2ccc(C)cc2)nc1C. The van der Waals surface area contributed by atoms with Gasteiger partial charge in [0.15, 0.2) is 22.4 Å². The van der Waals surface area contributed by atoms with Crippen LogP contribution in [-0.4, -0.2) is 27.6 Å². The predicted octanol–water partition coefficient (Wildman–Crippen LogP) is 5.49. The van der Waals surface area contributed by atoms with Crippen molar-refractivity contribution in [3.8, 4) is 0 Å². The molecule has 0 radical (unpaired) electrons. The number of hydrogen-bond donors (Lipinski definition) is 1. The van der Waals surface area contributed by atoms with Crippen LogP contribution < -0.4 is 4.90 Å². The van der Waals surface area contributed by atoms with E-state index < -0.39 is 23.5 Å². The Morgan fingerprint density at radius 1 is 1.09 bits per heavy atom. The van der Waals surface area contributed by atoms with E-state index in [-0.39, 0.29) is 22.2 Å². The molecule has 1 atom stereocenters. The summed E-state index contributed by atoms with van der Waals surface area (Å²) < 4.78 is 5.74. The summed E-state index contributed by atoms with van der Waals surface area (Å²) in [6.45, 7) is 5.05. The number of benzene rings is 2.